The first-order chi connectivity index (χ1) is 12.5. The molecule has 0 aromatic heterocycles. The molecule has 0 radical (unpaired) electrons. The number of nitrogens with one attached hydrogen (secondary N) is 2. The molecular weight excluding hydrogens is 340 g/mol. The molecule has 0 atom stereocenters. The molecule has 0 bridgehead atoms. The number of carbonyl (C=O) groups excluding carboxylic acids is 2. The number of hydrazine groups is 1. The third-order valence-corrected chi connectivity index (χ3v) is 3.39. The predicted octanol–water partition coefficient (Wildman–Crippen LogP) is 2.25. The molecule has 2 amide bonds. The number of rotatable bonds is 6. The molecule has 0 aliphatic rings. The zero-order chi connectivity index (χ0) is 18.8. The number of aromatic hydroxyl groups is 2. The number of carbonyl (C=O) groups is 2. The minimum absolute atomic E-state index is 0.119. The van der Waals surface area contributed by atoms with Crippen molar-refractivity contribution < 1.29 is 29.3 Å². The van der Waals surface area contributed by atoms with Gasteiger partial charge in [-0.1, -0.05) is 24.3 Å². The van der Waals surface area contributed by atoms with E-state index < -0.39 is 12.2 Å². The molecule has 4 N–H and O–H groups in total. The van der Waals surface area contributed by atoms with Gasteiger partial charge in [-0.2, -0.15) is 0 Å². The highest BCUT2D eigenvalue weighted by Crippen LogP contribution is 2.10. The fourth-order valence-corrected chi connectivity index (χ4v) is 2.02. The van der Waals surface area contributed by atoms with Gasteiger partial charge in [-0.05, 0) is 35.4 Å². The van der Waals surface area contributed by atoms with Gasteiger partial charge < -0.3 is 19.7 Å². The van der Waals surface area contributed by atoms with Gasteiger partial charge in [0.05, 0.1) is 13.2 Å². The summed E-state index contributed by atoms with van der Waals surface area (Å²) in [5.74, 6) is 0.334. The summed E-state index contributed by atoms with van der Waals surface area (Å²) < 4.78 is 9.81. The number of benzene rings is 2. The number of phenolic OH excluding ortho intramolecular Hbond substituents is 2. The molecule has 0 saturated carbocycles. The van der Waals surface area contributed by atoms with Crippen molar-refractivity contribution in [2.45, 2.75) is 12.8 Å². The van der Waals surface area contributed by atoms with E-state index in [1.807, 2.05) is 0 Å². The predicted molar refractivity (Wildman–Crippen MR) is 92.6 cm³/mol. The second-order valence-corrected chi connectivity index (χ2v) is 5.35. The van der Waals surface area contributed by atoms with Crippen molar-refractivity contribution in [2.75, 3.05) is 13.2 Å². The number of hydrogen-bond acceptors (Lipinski definition) is 6. The Bertz CT molecular complexity index is 652. The molecular formula is C18H20N2O6. The van der Waals surface area contributed by atoms with Crippen molar-refractivity contribution in [3.8, 4) is 11.5 Å². The monoisotopic (exact) mass is 360 g/mol. The van der Waals surface area contributed by atoms with Crippen LogP contribution in [0.4, 0.5) is 9.59 Å². The lowest BCUT2D eigenvalue weighted by Gasteiger charge is -2.09. The van der Waals surface area contributed by atoms with E-state index in [2.05, 4.69) is 10.9 Å². The number of hydrogen-bond donors (Lipinski definition) is 4. The number of phenols is 2. The smallest absolute Gasteiger partial charge is 0.426 e. The van der Waals surface area contributed by atoms with E-state index in [9.17, 15) is 19.8 Å². The first kappa shape index (κ1) is 18.9. The van der Waals surface area contributed by atoms with Crippen LogP contribution >= 0.6 is 0 Å². The molecule has 0 spiro atoms. The van der Waals surface area contributed by atoms with Crippen molar-refractivity contribution in [3.63, 3.8) is 0 Å². The van der Waals surface area contributed by atoms with Crippen molar-refractivity contribution in [3.05, 3.63) is 59.7 Å². The molecule has 0 aliphatic carbocycles. The maximum absolute atomic E-state index is 11.5. The molecule has 0 saturated heterocycles. The van der Waals surface area contributed by atoms with Crippen LogP contribution in [0.2, 0.25) is 0 Å². The van der Waals surface area contributed by atoms with Gasteiger partial charge in [0.25, 0.3) is 0 Å². The van der Waals surface area contributed by atoms with Crippen LogP contribution in [0.15, 0.2) is 48.5 Å². The third-order valence-electron chi connectivity index (χ3n) is 3.39. The first-order valence-corrected chi connectivity index (χ1v) is 7.94. The highest BCUT2D eigenvalue weighted by atomic mass is 16.6. The Kier molecular flexibility index (Phi) is 7.11. The molecule has 0 unspecified atom stereocenters. The van der Waals surface area contributed by atoms with Crippen LogP contribution in [-0.4, -0.2) is 35.6 Å². The average Bonchev–Trinajstić information content (AvgIpc) is 2.63. The SMILES string of the molecule is O=C(NNC(=O)OCCc1ccc(O)cc1)OCCc1ccc(O)cc1. The summed E-state index contributed by atoms with van der Waals surface area (Å²) in [5, 5.41) is 18.3. The Morgan fingerprint density at radius 3 is 1.38 bits per heavy atom. The molecule has 8 nitrogen and oxygen atoms in total. The van der Waals surface area contributed by atoms with Crippen LogP contribution in [0.5, 0.6) is 11.5 Å². The fraction of sp³-hybridized carbons (Fsp3) is 0.222. The Labute approximate surface area is 150 Å². The van der Waals surface area contributed by atoms with Crippen LogP contribution < -0.4 is 10.9 Å². The molecule has 2 rings (SSSR count). The van der Waals surface area contributed by atoms with E-state index in [-0.39, 0.29) is 24.7 Å². The van der Waals surface area contributed by atoms with Gasteiger partial charge in [-0.3, -0.25) is 0 Å². The maximum Gasteiger partial charge on any atom is 0.426 e. The van der Waals surface area contributed by atoms with Crippen LogP contribution in [0, 0.1) is 0 Å². The summed E-state index contributed by atoms with van der Waals surface area (Å²) in [5.41, 5.74) is 5.95. The standard InChI is InChI=1S/C18H20N2O6/c21-15-5-1-13(2-6-15)9-11-25-17(23)19-20-18(24)26-12-10-14-3-7-16(22)8-4-14/h1-8,21-22H,9-12H2,(H,19,23)(H,20,24). The zero-order valence-electron chi connectivity index (χ0n) is 14.0. The highest BCUT2D eigenvalue weighted by molar-refractivity contribution is 5.73. The summed E-state index contributed by atoms with van der Waals surface area (Å²) in [6, 6.07) is 13.1. The summed E-state index contributed by atoms with van der Waals surface area (Å²) >= 11 is 0. The molecule has 0 aliphatic heterocycles. The summed E-state index contributed by atoms with van der Waals surface area (Å²) in [6.45, 7) is 0.238. The third kappa shape index (κ3) is 7.00. The van der Waals surface area contributed by atoms with Crippen LogP contribution in [-0.2, 0) is 22.3 Å². The van der Waals surface area contributed by atoms with E-state index in [1.54, 1.807) is 48.5 Å². The largest absolute Gasteiger partial charge is 0.508 e. The second kappa shape index (κ2) is 9.77. The quantitative estimate of drug-likeness (QED) is 0.587. The molecule has 2 aromatic carbocycles. The van der Waals surface area contributed by atoms with E-state index in [1.165, 1.54) is 0 Å². The average molecular weight is 360 g/mol. The molecule has 0 heterocycles. The molecule has 26 heavy (non-hydrogen) atoms. The number of amides is 2. The topological polar surface area (TPSA) is 117 Å². The van der Waals surface area contributed by atoms with Gasteiger partial charge >= 0.3 is 12.2 Å². The summed E-state index contributed by atoms with van der Waals surface area (Å²) in [7, 11) is 0. The lowest BCUT2D eigenvalue weighted by Crippen LogP contribution is -2.42. The van der Waals surface area contributed by atoms with Gasteiger partial charge in [-0.15, -0.1) is 0 Å². The van der Waals surface area contributed by atoms with Gasteiger partial charge in [0, 0.05) is 12.8 Å². The Balaban J connectivity index is 1.55. The van der Waals surface area contributed by atoms with E-state index in [0.717, 1.165) is 11.1 Å². The Hall–Kier alpha value is -3.42. The van der Waals surface area contributed by atoms with E-state index in [0.29, 0.717) is 12.8 Å². The summed E-state index contributed by atoms with van der Waals surface area (Å²) in [4.78, 5) is 22.9. The fourth-order valence-electron chi connectivity index (χ4n) is 2.02. The molecule has 0 fully saturated rings. The highest BCUT2D eigenvalue weighted by Gasteiger charge is 2.06. The van der Waals surface area contributed by atoms with E-state index >= 15 is 0 Å². The van der Waals surface area contributed by atoms with Gasteiger partial charge in [0.15, 0.2) is 0 Å². The van der Waals surface area contributed by atoms with Crippen LogP contribution in [0.3, 0.4) is 0 Å². The molecule has 138 valence electrons. The van der Waals surface area contributed by atoms with Gasteiger partial charge in [0.1, 0.15) is 11.5 Å². The van der Waals surface area contributed by atoms with Crippen molar-refractivity contribution in [1.29, 1.82) is 0 Å². The Morgan fingerprint density at radius 2 is 1.04 bits per heavy atom. The van der Waals surface area contributed by atoms with Crippen molar-refractivity contribution >= 4 is 12.2 Å². The normalized spacial score (nSPS) is 10.0. The van der Waals surface area contributed by atoms with Crippen molar-refractivity contribution in [2.24, 2.45) is 0 Å². The minimum Gasteiger partial charge on any atom is -0.508 e. The first-order valence-electron chi connectivity index (χ1n) is 7.94. The second-order valence-electron chi connectivity index (χ2n) is 5.35. The van der Waals surface area contributed by atoms with Crippen LogP contribution in [0.25, 0.3) is 0 Å². The zero-order valence-corrected chi connectivity index (χ0v) is 14.0. The van der Waals surface area contributed by atoms with Gasteiger partial charge in [-0.25, -0.2) is 20.4 Å². The van der Waals surface area contributed by atoms with E-state index in [4.69, 9.17) is 9.47 Å². The lowest BCUT2D eigenvalue weighted by molar-refractivity contribution is 0.125. The minimum atomic E-state index is -0.806. The molecule has 8 heteroatoms. The molecule has 2 aromatic rings. The maximum atomic E-state index is 11.5. The van der Waals surface area contributed by atoms with Crippen molar-refractivity contribution in [1.82, 2.24) is 10.9 Å². The Morgan fingerprint density at radius 1 is 0.692 bits per heavy atom. The van der Waals surface area contributed by atoms with Gasteiger partial charge in [0.2, 0.25) is 0 Å². The lowest BCUT2D eigenvalue weighted by atomic mass is 10.1. The number of ether oxygens (including phenoxy) is 2. The van der Waals surface area contributed by atoms with Crippen LogP contribution in [0.1, 0.15) is 11.1 Å². The summed E-state index contributed by atoms with van der Waals surface area (Å²) in [6.07, 6.45) is -0.659.